The van der Waals surface area contributed by atoms with E-state index in [9.17, 15) is 13.2 Å². The highest BCUT2D eigenvalue weighted by atomic mass is 79.9. The van der Waals surface area contributed by atoms with E-state index in [2.05, 4.69) is 21.2 Å². The lowest BCUT2D eigenvalue weighted by Gasteiger charge is -2.27. The third-order valence-corrected chi connectivity index (χ3v) is 5.82. The van der Waals surface area contributed by atoms with Crippen molar-refractivity contribution < 1.29 is 13.2 Å². The molecule has 116 valence electrons. The Morgan fingerprint density at radius 1 is 1.48 bits per heavy atom. The fourth-order valence-corrected chi connectivity index (χ4v) is 4.67. The number of carbonyl (C=O) groups is 1. The van der Waals surface area contributed by atoms with Crippen LogP contribution in [0.15, 0.2) is 28.7 Å². The molecule has 1 aromatic carbocycles. The number of likely N-dealkylation sites (N-methyl/N-ethyl adjacent to an activating group) is 1. The molecule has 0 spiro atoms. The van der Waals surface area contributed by atoms with Gasteiger partial charge >= 0.3 is 0 Å². The van der Waals surface area contributed by atoms with Gasteiger partial charge in [-0.05, 0) is 31.5 Å². The minimum atomic E-state index is -2.98. The van der Waals surface area contributed by atoms with E-state index in [0.29, 0.717) is 13.0 Å². The van der Waals surface area contributed by atoms with Gasteiger partial charge in [0.25, 0.3) is 0 Å². The number of halogens is 1. The molecule has 21 heavy (non-hydrogen) atoms. The summed E-state index contributed by atoms with van der Waals surface area (Å²) in [6.45, 7) is 2.57. The van der Waals surface area contributed by atoms with Gasteiger partial charge in [0.2, 0.25) is 5.91 Å². The third-order valence-electron chi connectivity index (χ3n) is 3.58. The predicted molar refractivity (Wildman–Crippen MR) is 87.1 cm³/mol. The van der Waals surface area contributed by atoms with Gasteiger partial charge in [0.05, 0.1) is 18.1 Å². The van der Waals surface area contributed by atoms with Crippen molar-refractivity contribution in [3.63, 3.8) is 0 Å². The zero-order valence-electron chi connectivity index (χ0n) is 11.9. The third kappa shape index (κ3) is 4.44. The molecular formula is C14H19BrN2O3S. The van der Waals surface area contributed by atoms with Crippen molar-refractivity contribution in [1.82, 2.24) is 4.90 Å². The Hall–Kier alpha value is -1.08. The first-order valence-corrected chi connectivity index (χ1v) is 9.52. The molecule has 7 heteroatoms. The first-order chi connectivity index (χ1) is 9.91. The predicted octanol–water partition coefficient (Wildman–Crippen LogP) is 1.90. The van der Waals surface area contributed by atoms with Crippen molar-refractivity contribution in [3.05, 3.63) is 28.7 Å². The Balaban J connectivity index is 1.95. The number of nitrogens with one attached hydrogen (secondary N) is 1. The van der Waals surface area contributed by atoms with E-state index in [-0.39, 0.29) is 30.0 Å². The van der Waals surface area contributed by atoms with Gasteiger partial charge in [0, 0.05) is 22.7 Å². The lowest BCUT2D eigenvalue weighted by molar-refractivity contribution is -0.130. The van der Waals surface area contributed by atoms with Gasteiger partial charge in [-0.2, -0.15) is 0 Å². The van der Waals surface area contributed by atoms with Crippen LogP contribution in [-0.2, 0) is 14.6 Å². The molecule has 1 N–H and O–H groups in total. The summed E-state index contributed by atoms with van der Waals surface area (Å²) < 4.78 is 24.0. The second-order valence-electron chi connectivity index (χ2n) is 5.10. The average molecular weight is 375 g/mol. The summed E-state index contributed by atoms with van der Waals surface area (Å²) in [6.07, 6.45) is 0.540. The maximum Gasteiger partial charge on any atom is 0.242 e. The summed E-state index contributed by atoms with van der Waals surface area (Å²) in [5.41, 5.74) is 0.854. The normalized spacial score (nSPS) is 20.2. The SMILES string of the molecule is CCN(C(=O)CNc1cccc(Br)c1)C1CCS(=O)(=O)C1. The van der Waals surface area contributed by atoms with Crippen molar-refractivity contribution in [2.45, 2.75) is 19.4 Å². The average Bonchev–Trinajstić information content (AvgIpc) is 2.77. The second kappa shape index (κ2) is 6.79. The van der Waals surface area contributed by atoms with Crippen LogP contribution in [0.3, 0.4) is 0 Å². The van der Waals surface area contributed by atoms with E-state index >= 15 is 0 Å². The van der Waals surface area contributed by atoms with Crippen LogP contribution >= 0.6 is 15.9 Å². The molecule has 1 fully saturated rings. The first kappa shape index (κ1) is 16.3. The number of rotatable bonds is 5. The lowest BCUT2D eigenvalue weighted by Crippen LogP contribution is -2.43. The molecule has 0 saturated carbocycles. The maximum absolute atomic E-state index is 12.3. The van der Waals surface area contributed by atoms with Crippen LogP contribution in [0.4, 0.5) is 5.69 Å². The fourth-order valence-electron chi connectivity index (χ4n) is 2.54. The fraction of sp³-hybridized carbons (Fsp3) is 0.500. The molecule has 1 saturated heterocycles. The molecule has 1 aliphatic rings. The van der Waals surface area contributed by atoms with E-state index in [0.717, 1.165) is 10.2 Å². The Bertz CT molecular complexity index is 618. The smallest absolute Gasteiger partial charge is 0.242 e. The van der Waals surface area contributed by atoms with Gasteiger partial charge in [0.15, 0.2) is 9.84 Å². The van der Waals surface area contributed by atoms with E-state index < -0.39 is 9.84 Å². The van der Waals surface area contributed by atoms with Crippen LogP contribution in [0.25, 0.3) is 0 Å². The first-order valence-electron chi connectivity index (χ1n) is 6.90. The molecule has 1 aromatic rings. The van der Waals surface area contributed by atoms with Gasteiger partial charge in [-0.3, -0.25) is 4.79 Å². The lowest BCUT2D eigenvalue weighted by atomic mass is 10.2. The Morgan fingerprint density at radius 3 is 2.81 bits per heavy atom. The Kier molecular flexibility index (Phi) is 5.27. The highest BCUT2D eigenvalue weighted by molar-refractivity contribution is 9.10. The van der Waals surface area contributed by atoms with Crippen molar-refractivity contribution in [3.8, 4) is 0 Å². The van der Waals surface area contributed by atoms with Crippen molar-refractivity contribution in [2.75, 3.05) is 29.9 Å². The molecule has 1 aliphatic heterocycles. The number of sulfone groups is 1. The number of hydrogen-bond acceptors (Lipinski definition) is 4. The summed E-state index contributed by atoms with van der Waals surface area (Å²) in [7, 11) is -2.98. The topological polar surface area (TPSA) is 66.5 Å². The minimum Gasteiger partial charge on any atom is -0.376 e. The number of nitrogens with zero attached hydrogens (tertiary/aromatic N) is 1. The summed E-state index contributed by atoms with van der Waals surface area (Å²) in [5, 5.41) is 3.07. The number of amides is 1. The van der Waals surface area contributed by atoms with E-state index in [4.69, 9.17) is 0 Å². The number of hydrogen-bond donors (Lipinski definition) is 1. The summed E-state index contributed by atoms with van der Waals surface area (Å²) in [5.74, 6) is 0.198. The molecule has 1 amide bonds. The van der Waals surface area contributed by atoms with E-state index in [1.807, 2.05) is 31.2 Å². The van der Waals surface area contributed by atoms with Crippen LogP contribution in [0.2, 0.25) is 0 Å². The van der Waals surface area contributed by atoms with Gasteiger partial charge in [-0.1, -0.05) is 22.0 Å². The van der Waals surface area contributed by atoms with Gasteiger partial charge in [-0.15, -0.1) is 0 Å². The molecule has 0 aromatic heterocycles. The molecule has 5 nitrogen and oxygen atoms in total. The van der Waals surface area contributed by atoms with Gasteiger partial charge in [-0.25, -0.2) is 8.42 Å². The van der Waals surface area contributed by atoms with Crippen LogP contribution in [0, 0.1) is 0 Å². The van der Waals surface area contributed by atoms with E-state index in [1.165, 1.54) is 0 Å². The van der Waals surface area contributed by atoms with Crippen LogP contribution in [0.1, 0.15) is 13.3 Å². The van der Waals surface area contributed by atoms with E-state index in [1.54, 1.807) is 4.90 Å². The number of benzene rings is 1. The quantitative estimate of drug-likeness (QED) is 0.854. The highest BCUT2D eigenvalue weighted by Gasteiger charge is 2.33. The zero-order valence-corrected chi connectivity index (χ0v) is 14.3. The molecule has 0 bridgehead atoms. The van der Waals surface area contributed by atoms with Crippen LogP contribution in [0.5, 0.6) is 0 Å². The van der Waals surface area contributed by atoms with Gasteiger partial charge < -0.3 is 10.2 Å². The molecule has 1 unspecified atom stereocenters. The van der Waals surface area contributed by atoms with Crippen LogP contribution in [-0.4, -0.2) is 49.9 Å². The molecule has 1 atom stereocenters. The summed E-state index contributed by atoms with van der Waals surface area (Å²) in [4.78, 5) is 13.9. The highest BCUT2D eigenvalue weighted by Crippen LogP contribution is 2.19. The Labute approximate surface area is 133 Å². The molecule has 1 heterocycles. The summed E-state index contributed by atoms with van der Waals surface area (Å²) >= 11 is 3.38. The standard InChI is InChI=1S/C14H19BrN2O3S/c1-2-17(13-6-7-21(19,20)10-13)14(18)9-16-12-5-3-4-11(15)8-12/h3-5,8,13,16H,2,6-7,9-10H2,1H3. The monoisotopic (exact) mass is 374 g/mol. The summed E-state index contributed by atoms with van der Waals surface area (Å²) in [6, 6.07) is 7.39. The maximum atomic E-state index is 12.3. The molecular weight excluding hydrogens is 356 g/mol. The molecule has 0 aliphatic carbocycles. The van der Waals surface area contributed by atoms with Crippen molar-refractivity contribution >= 4 is 37.4 Å². The zero-order chi connectivity index (χ0) is 15.5. The molecule has 2 rings (SSSR count). The van der Waals surface area contributed by atoms with Crippen molar-refractivity contribution in [1.29, 1.82) is 0 Å². The number of anilines is 1. The largest absolute Gasteiger partial charge is 0.376 e. The number of carbonyl (C=O) groups excluding carboxylic acids is 1. The minimum absolute atomic E-state index is 0.0698. The van der Waals surface area contributed by atoms with Crippen molar-refractivity contribution in [2.24, 2.45) is 0 Å². The Morgan fingerprint density at radius 2 is 2.24 bits per heavy atom. The molecule has 0 radical (unpaired) electrons. The second-order valence-corrected chi connectivity index (χ2v) is 8.24. The van der Waals surface area contributed by atoms with Gasteiger partial charge in [0.1, 0.15) is 0 Å². The van der Waals surface area contributed by atoms with Crippen LogP contribution < -0.4 is 5.32 Å².